The van der Waals surface area contributed by atoms with E-state index in [1.807, 2.05) is 0 Å². The van der Waals surface area contributed by atoms with Crippen LogP contribution in [0.2, 0.25) is 0 Å². The highest BCUT2D eigenvalue weighted by Crippen LogP contribution is 2.45. The van der Waals surface area contributed by atoms with Gasteiger partial charge in [0.2, 0.25) is 0 Å². The number of ether oxygens (including phenoxy) is 3. The molecule has 2 saturated heterocycles. The van der Waals surface area contributed by atoms with Gasteiger partial charge in [-0.25, -0.2) is 0 Å². The van der Waals surface area contributed by atoms with Gasteiger partial charge in [0.25, 0.3) is 0 Å². The van der Waals surface area contributed by atoms with Crippen LogP contribution in [0.3, 0.4) is 0 Å². The lowest BCUT2D eigenvalue weighted by atomic mass is 9.89. The molecular formula is C27H30O16. The number of fused-ring (bicyclic) bond motifs is 1. The Balaban J connectivity index is 1.52. The van der Waals surface area contributed by atoms with Crippen molar-refractivity contribution in [3.63, 3.8) is 0 Å². The first-order chi connectivity index (χ1) is 20.4. The van der Waals surface area contributed by atoms with E-state index in [0.717, 1.165) is 24.3 Å². The molecule has 2 aliphatic rings. The minimum Gasteiger partial charge on any atom is -0.507 e. The van der Waals surface area contributed by atoms with Crippen LogP contribution in [0.4, 0.5) is 0 Å². The Morgan fingerprint density at radius 2 is 1.40 bits per heavy atom. The lowest BCUT2D eigenvalue weighted by Gasteiger charge is -2.46. The molecule has 10 atom stereocenters. The zero-order chi connectivity index (χ0) is 31.3. The van der Waals surface area contributed by atoms with Crippen molar-refractivity contribution in [2.24, 2.45) is 0 Å². The van der Waals surface area contributed by atoms with E-state index in [9.17, 15) is 61.0 Å². The molecule has 3 aromatic rings. The van der Waals surface area contributed by atoms with E-state index in [4.69, 9.17) is 18.6 Å². The highest BCUT2D eigenvalue weighted by Gasteiger charge is 2.51. The van der Waals surface area contributed by atoms with Crippen LogP contribution in [-0.4, -0.2) is 125 Å². The van der Waals surface area contributed by atoms with Crippen molar-refractivity contribution in [2.75, 3.05) is 13.2 Å². The third-order valence-electron chi connectivity index (χ3n) is 7.56. The summed E-state index contributed by atoms with van der Waals surface area (Å²) >= 11 is 0. The van der Waals surface area contributed by atoms with Crippen LogP contribution in [0.15, 0.2) is 39.5 Å². The number of phenols is 4. The van der Waals surface area contributed by atoms with E-state index in [-0.39, 0.29) is 16.9 Å². The van der Waals surface area contributed by atoms with E-state index in [1.54, 1.807) is 0 Å². The second kappa shape index (κ2) is 11.9. The van der Waals surface area contributed by atoms with E-state index in [2.05, 4.69) is 0 Å². The summed E-state index contributed by atoms with van der Waals surface area (Å²) in [6.07, 6.45) is -17.5. The molecule has 0 aliphatic carbocycles. The van der Waals surface area contributed by atoms with Gasteiger partial charge in [0.15, 0.2) is 23.2 Å². The Kier molecular flexibility index (Phi) is 8.52. The van der Waals surface area contributed by atoms with Crippen LogP contribution in [0, 0.1) is 0 Å². The van der Waals surface area contributed by atoms with Crippen molar-refractivity contribution in [3.8, 4) is 34.3 Å². The number of rotatable bonds is 6. The van der Waals surface area contributed by atoms with Crippen molar-refractivity contribution in [1.29, 1.82) is 0 Å². The lowest BCUT2D eigenvalue weighted by Crippen LogP contribution is -2.63. The Bertz CT molecular complexity index is 1540. The van der Waals surface area contributed by atoms with Crippen LogP contribution in [-0.2, 0) is 14.2 Å². The molecule has 0 radical (unpaired) electrons. The molecule has 2 aliphatic heterocycles. The van der Waals surface area contributed by atoms with Gasteiger partial charge in [-0.1, -0.05) is 0 Å². The van der Waals surface area contributed by atoms with Gasteiger partial charge in [-0.2, -0.15) is 0 Å². The quantitative estimate of drug-likeness (QED) is 0.130. The van der Waals surface area contributed by atoms with Crippen molar-refractivity contribution in [2.45, 2.75) is 61.2 Å². The molecule has 3 heterocycles. The van der Waals surface area contributed by atoms with Gasteiger partial charge in [0.05, 0.1) is 18.8 Å². The molecule has 0 bridgehead atoms. The lowest BCUT2D eigenvalue weighted by molar-refractivity contribution is -0.342. The molecular weight excluding hydrogens is 580 g/mol. The first kappa shape index (κ1) is 30.9. The summed E-state index contributed by atoms with van der Waals surface area (Å²) in [5.74, 6) is -2.64. The predicted molar refractivity (Wildman–Crippen MR) is 140 cm³/mol. The number of hydrogen-bond acceptors (Lipinski definition) is 16. The maximum absolute atomic E-state index is 13.1. The SMILES string of the molecule is O=c1cc(-c2ccc(O)c(O)c2)oc2cc(O)c([C@@H]3O[C@H](CO)[C@@H](O)[C@H](O[C@@H]4O[C@H](CO)[C@@H](O)[C@H](O)[C@H]4O)[C@H]3O)c(O)c12. The molecule has 0 amide bonds. The van der Waals surface area contributed by atoms with E-state index >= 15 is 0 Å². The number of benzene rings is 2. The van der Waals surface area contributed by atoms with Crippen molar-refractivity contribution >= 4 is 11.0 Å². The Hall–Kier alpha value is -3.55. The van der Waals surface area contributed by atoms with Gasteiger partial charge in [-0.05, 0) is 18.2 Å². The molecule has 16 nitrogen and oxygen atoms in total. The van der Waals surface area contributed by atoms with E-state index in [0.29, 0.717) is 0 Å². The van der Waals surface area contributed by atoms with E-state index < -0.39 is 114 Å². The van der Waals surface area contributed by atoms with Crippen LogP contribution in [0.1, 0.15) is 11.7 Å². The number of phenolic OH excluding ortho intramolecular Hbond substituents is 4. The standard InChI is InChI=1S/C27H30O16/c28-6-15-19(34)22(37)23(38)27(42-15)43-26-20(35)16(7-29)41-25(24(26)39)18-12(33)5-14-17(21(18)36)11(32)4-13(40-14)8-1-2-9(30)10(31)3-8/h1-5,15-16,19-20,22-31,33-39H,6-7H2/t15-,16-,19-,20-,22+,23-,24+,25+,26+,27+/m1/s1. The van der Waals surface area contributed by atoms with Gasteiger partial charge in [0, 0.05) is 17.7 Å². The number of aliphatic hydroxyl groups excluding tert-OH is 7. The molecule has 11 N–H and O–H groups in total. The molecule has 2 fully saturated rings. The largest absolute Gasteiger partial charge is 0.507 e. The van der Waals surface area contributed by atoms with Crippen molar-refractivity contribution < 1.29 is 74.8 Å². The Morgan fingerprint density at radius 3 is 2.05 bits per heavy atom. The summed E-state index contributed by atoms with van der Waals surface area (Å²) in [6, 6.07) is 5.53. The van der Waals surface area contributed by atoms with Gasteiger partial charge >= 0.3 is 0 Å². The fourth-order valence-corrected chi connectivity index (χ4v) is 5.22. The van der Waals surface area contributed by atoms with Gasteiger partial charge in [-0.15, -0.1) is 0 Å². The molecule has 2 aromatic carbocycles. The van der Waals surface area contributed by atoms with Crippen LogP contribution in [0.25, 0.3) is 22.3 Å². The highest BCUT2D eigenvalue weighted by atomic mass is 16.7. The normalized spacial score (nSPS) is 33.1. The summed E-state index contributed by atoms with van der Waals surface area (Å²) < 4.78 is 22.1. The average molecular weight is 611 g/mol. The van der Waals surface area contributed by atoms with Crippen LogP contribution < -0.4 is 5.43 Å². The Labute approximate surface area is 241 Å². The zero-order valence-electron chi connectivity index (χ0n) is 22.0. The molecule has 234 valence electrons. The predicted octanol–water partition coefficient (Wildman–Crippen LogP) is -2.38. The average Bonchev–Trinajstić information content (AvgIpc) is 2.97. The molecule has 0 saturated carbocycles. The van der Waals surface area contributed by atoms with Gasteiger partial charge in [0.1, 0.15) is 83.2 Å². The maximum atomic E-state index is 13.1. The minimum absolute atomic E-state index is 0.0928. The summed E-state index contributed by atoms with van der Waals surface area (Å²) in [7, 11) is 0. The summed E-state index contributed by atoms with van der Waals surface area (Å²) in [6.45, 7) is -1.65. The number of aliphatic hydroxyl groups is 7. The first-order valence-corrected chi connectivity index (χ1v) is 13.0. The summed E-state index contributed by atoms with van der Waals surface area (Å²) in [5.41, 5.74) is -1.50. The number of aromatic hydroxyl groups is 4. The first-order valence-electron chi connectivity index (χ1n) is 13.0. The fraction of sp³-hybridized carbons (Fsp3) is 0.444. The van der Waals surface area contributed by atoms with E-state index in [1.165, 1.54) is 6.07 Å². The van der Waals surface area contributed by atoms with Crippen molar-refractivity contribution in [3.05, 3.63) is 46.1 Å². The molecule has 5 rings (SSSR count). The van der Waals surface area contributed by atoms with Gasteiger partial charge in [-0.3, -0.25) is 4.79 Å². The highest BCUT2D eigenvalue weighted by molar-refractivity contribution is 5.88. The van der Waals surface area contributed by atoms with Gasteiger partial charge < -0.3 is 74.8 Å². The van der Waals surface area contributed by atoms with Crippen molar-refractivity contribution in [1.82, 2.24) is 0 Å². The topological polar surface area (TPSA) is 280 Å². The summed E-state index contributed by atoms with van der Waals surface area (Å²) in [4.78, 5) is 13.1. The van der Waals surface area contributed by atoms with Crippen LogP contribution >= 0.6 is 0 Å². The zero-order valence-corrected chi connectivity index (χ0v) is 22.0. The third-order valence-corrected chi connectivity index (χ3v) is 7.56. The molecule has 0 unspecified atom stereocenters. The van der Waals surface area contributed by atoms with Crippen LogP contribution in [0.5, 0.6) is 23.0 Å². The minimum atomic E-state index is -1.98. The molecule has 16 heteroatoms. The third kappa shape index (κ3) is 5.38. The summed E-state index contributed by atoms with van der Waals surface area (Å²) in [5, 5.41) is 113. The molecule has 43 heavy (non-hydrogen) atoms. The Morgan fingerprint density at radius 1 is 0.721 bits per heavy atom. The smallest absolute Gasteiger partial charge is 0.197 e. The maximum Gasteiger partial charge on any atom is 0.197 e. The monoisotopic (exact) mass is 610 g/mol. The second-order valence-electron chi connectivity index (χ2n) is 10.3. The fourth-order valence-electron chi connectivity index (χ4n) is 5.22. The second-order valence-corrected chi connectivity index (χ2v) is 10.3. The number of hydrogen-bond donors (Lipinski definition) is 11. The molecule has 1 aromatic heterocycles. The molecule has 0 spiro atoms.